The zero-order valence-corrected chi connectivity index (χ0v) is 16.1. The molecule has 0 N–H and O–H groups in total. The van der Waals surface area contributed by atoms with Crippen molar-refractivity contribution < 1.29 is 4.42 Å². The molecule has 138 valence electrons. The molecule has 0 bridgehead atoms. The zero-order valence-electron chi connectivity index (χ0n) is 16.1. The normalized spacial score (nSPS) is 11.6. The third-order valence-corrected chi connectivity index (χ3v) is 5.80. The first kappa shape index (κ1) is 16.2. The fourth-order valence-electron chi connectivity index (χ4n) is 4.45. The Bertz CT molecular complexity index is 1450. The molecule has 0 unspecified atom stereocenters. The largest absolute Gasteiger partial charge is 0.448 e. The molecule has 0 aliphatic carbocycles. The first-order valence-electron chi connectivity index (χ1n) is 9.87. The summed E-state index contributed by atoms with van der Waals surface area (Å²) in [5.41, 5.74) is 3.32. The van der Waals surface area contributed by atoms with Crippen LogP contribution in [0.5, 0.6) is 0 Å². The molecule has 0 saturated carbocycles. The Morgan fingerprint density at radius 2 is 1.31 bits per heavy atom. The lowest BCUT2D eigenvalue weighted by molar-refractivity contribution is 0.572. The minimum absolute atomic E-state index is 0.853. The van der Waals surface area contributed by atoms with Gasteiger partial charge in [0, 0.05) is 16.6 Å². The molecular formula is C27H19NO. The van der Waals surface area contributed by atoms with E-state index in [0.29, 0.717) is 0 Å². The van der Waals surface area contributed by atoms with Crippen molar-refractivity contribution in [2.24, 2.45) is 0 Å². The summed E-state index contributed by atoms with van der Waals surface area (Å²) in [7, 11) is 0. The topological polar surface area (TPSA) is 16.4 Å². The van der Waals surface area contributed by atoms with Crippen molar-refractivity contribution >= 4 is 49.6 Å². The zero-order chi connectivity index (χ0) is 19.4. The van der Waals surface area contributed by atoms with E-state index in [2.05, 4.69) is 90.7 Å². The van der Waals surface area contributed by atoms with Gasteiger partial charge in [-0.05, 0) is 58.1 Å². The number of para-hydroxylation sites is 1. The van der Waals surface area contributed by atoms with Gasteiger partial charge in [0.05, 0.1) is 12.0 Å². The smallest absolute Gasteiger partial charge is 0.207 e. The SMILES string of the molecule is Cc1ccoc1N(c1ccccc1)c1ccc2ccc3cccc4ccc1c2c34. The maximum absolute atomic E-state index is 5.95. The number of rotatable bonds is 3. The lowest BCUT2D eigenvalue weighted by Gasteiger charge is -2.26. The van der Waals surface area contributed by atoms with Gasteiger partial charge in [-0.1, -0.05) is 66.7 Å². The molecule has 0 aliphatic heterocycles. The molecule has 0 saturated heterocycles. The summed E-state index contributed by atoms with van der Waals surface area (Å²) in [6.07, 6.45) is 1.76. The molecule has 0 fully saturated rings. The molecule has 6 aromatic rings. The molecule has 0 atom stereocenters. The van der Waals surface area contributed by atoms with Crippen LogP contribution in [-0.2, 0) is 0 Å². The predicted octanol–water partition coefficient (Wildman–Crippen LogP) is 7.96. The fourth-order valence-corrected chi connectivity index (χ4v) is 4.45. The van der Waals surface area contributed by atoms with E-state index in [1.807, 2.05) is 12.1 Å². The Morgan fingerprint density at radius 1 is 0.621 bits per heavy atom. The van der Waals surface area contributed by atoms with E-state index in [9.17, 15) is 0 Å². The van der Waals surface area contributed by atoms with Crippen LogP contribution < -0.4 is 4.90 Å². The Balaban J connectivity index is 1.74. The van der Waals surface area contributed by atoms with Crippen LogP contribution in [0.2, 0.25) is 0 Å². The van der Waals surface area contributed by atoms with Gasteiger partial charge >= 0.3 is 0 Å². The number of furan rings is 1. The van der Waals surface area contributed by atoms with Crippen LogP contribution in [0.1, 0.15) is 5.56 Å². The number of hydrogen-bond donors (Lipinski definition) is 0. The van der Waals surface area contributed by atoms with Crippen LogP contribution in [0, 0.1) is 6.92 Å². The molecule has 6 rings (SSSR count). The van der Waals surface area contributed by atoms with Crippen molar-refractivity contribution in [1.29, 1.82) is 0 Å². The second-order valence-corrected chi connectivity index (χ2v) is 7.52. The summed E-state index contributed by atoms with van der Waals surface area (Å²) in [5, 5.41) is 7.68. The molecule has 29 heavy (non-hydrogen) atoms. The molecular weight excluding hydrogens is 354 g/mol. The summed E-state index contributed by atoms with van der Waals surface area (Å²) in [5.74, 6) is 0.853. The highest BCUT2D eigenvalue weighted by atomic mass is 16.3. The Morgan fingerprint density at radius 3 is 2.03 bits per heavy atom. The maximum atomic E-state index is 5.95. The average Bonchev–Trinajstić information content (AvgIpc) is 3.19. The number of hydrogen-bond acceptors (Lipinski definition) is 2. The Hall–Kier alpha value is -3.78. The molecule has 0 amide bonds. The number of benzene rings is 5. The van der Waals surface area contributed by atoms with Gasteiger partial charge in [0.2, 0.25) is 5.88 Å². The summed E-state index contributed by atoms with van der Waals surface area (Å²) in [6.45, 7) is 2.09. The van der Waals surface area contributed by atoms with Crippen molar-refractivity contribution in [3.8, 4) is 0 Å². The van der Waals surface area contributed by atoms with Gasteiger partial charge in [0.1, 0.15) is 0 Å². The van der Waals surface area contributed by atoms with Crippen molar-refractivity contribution in [2.45, 2.75) is 6.92 Å². The van der Waals surface area contributed by atoms with Crippen LogP contribution in [0.25, 0.3) is 32.3 Å². The molecule has 1 aromatic heterocycles. The van der Waals surface area contributed by atoms with Crippen LogP contribution in [0.4, 0.5) is 17.3 Å². The highest BCUT2D eigenvalue weighted by molar-refractivity contribution is 6.25. The van der Waals surface area contributed by atoms with Crippen LogP contribution in [0.3, 0.4) is 0 Å². The third-order valence-electron chi connectivity index (χ3n) is 5.80. The Labute approximate surface area is 168 Å². The van der Waals surface area contributed by atoms with Gasteiger partial charge in [0.15, 0.2) is 0 Å². The van der Waals surface area contributed by atoms with E-state index < -0.39 is 0 Å². The van der Waals surface area contributed by atoms with Gasteiger partial charge < -0.3 is 4.42 Å². The van der Waals surface area contributed by atoms with Crippen molar-refractivity contribution in [1.82, 2.24) is 0 Å². The highest BCUT2D eigenvalue weighted by Crippen LogP contribution is 2.44. The number of aryl methyl sites for hydroxylation is 1. The van der Waals surface area contributed by atoms with Crippen molar-refractivity contribution in [3.05, 3.63) is 103 Å². The van der Waals surface area contributed by atoms with E-state index in [1.165, 1.54) is 32.3 Å². The van der Waals surface area contributed by atoms with Crippen molar-refractivity contribution in [3.63, 3.8) is 0 Å². The molecule has 0 radical (unpaired) electrons. The average molecular weight is 373 g/mol. The van der Waals surface area contributed by atoms with Crippen LogP contribution >= 0.6 is 0 Å². The maximum Gasteiger partial charge on any atom is 0.207 e. The van der Waals surface area contributed by atoms with E-state index >= 15 is 0 Å². The lowest BCUT2D eigenvalue weighted by atomic mass is 9.93. The molecule has 5 aromatic carbocycles. The van der Waals surface area contributed by atoms with E-state index in [0.717, 1.165) is 22.8 Å². The molecule has 0 spiro atoms. The first-order valence-corrected chi connectivity index (χ1v) is 9.87. The monoisotopic (exact) mass is 373 g/mol. The summed E-state index contributed by atoms with van der Waals surface area (Å²) < 4.78 is 5.95. The quantitative estimate of drug-likeness (QED) is 0.293. The summed E-state index contributed by atoms with van der Waals surface area (Å²) >= 11 is 0. The first-order chi connectivity index (χ1) is 14.3. The van der Waals surface area contributed by atoms with Gasteiger partial charge in [0.25, 0.3) is 0 Å². The Kier molecular flexibility index (Phi) is 3.41. The van der Waals surface area contributed by atoms with Gasteiger partial charge in [-0.25, -0.2) is 0 Å². The molecule has 2 nitrogen and oxygen atoms in total. The highest BCUT2D eigenvalue weighted by Gasteiger charge is 2.21. The van der Waals surface area contributed by atoms with Crippen LogP contribution in [-0.4, -0.2) is 0 Å². The van der Waals surface area contributed by atoms with Crippen LogP contribution in [0.15, 0.2) is 102 Å². The van der Waals surface area contributed by atoms with Crippen molar-refractivity contribution in [2.75, 3.05) is 4.90 Å². The fraction of sp³-hybridized carbons (Fsp3) is 0.0370. The van der Waals surface area contributed by atoms with Gasteiger partial charge in [-0.2, -0.15) is 0 Å². The van der Waals surface area contributed by atoms with E-state index in [1.54, 1.807) is 6.26 Å². The predicted molar refractivity (Wildman–Crippen MR) is 122 cm³/mol. The standard InChI is InChI=1S/C27H19NO/c1-18-16-17-29-27(18)28(22-8-3-2-4-9-22)24-15-13-21-11-10-19-6-5-7-20-12-14-23(24)26(21)25(19)20/h2-17H,1H3. The second kappa shape index (κ2) is 6.11. The summed E-state index contributed by atoms with van der Waals surface area (Å²) in [6, 6.07) is 32.3. The van der Waals surface area contributed by atoms with Gasteiger partial charge in [-0.15, -0.1) is 0 Å². The van der Waals surface area contributed by atoms with E-state index in [4.69, 9.17) is 4.42 Å². The third kappa shape index (κ3) is 2.36. The van der Waals surface area contributed by atoms with E-state index in [-0.39, 0.29) is 0 Å². The lowest BCUT2D eigenvalue weighted by Crippen LogP contribution is -2.10. The summed E-state index contributed by atoms with van der Waals surface area (Å²) in [4.78, 5) is 2.22. The second-order valence-electron chi connectivity index (χ2n) is 7.52. The molecule has 0 aliphatic rings. The minimum Gasteiger partial charge on any atom is -0.448 e. The minimum atomic E-state index is 0.853. The number of anilines is 3. The molecule has 1 heterocycles. The van der Waals surface area contributed by atoms with Gasteiger partial charge in [-0.3, -0.25) is 4.90 Å². The number of nitrogens with zero attached hydrogens (tertiary/aromatic N) is 1. The molecule has 2 heteroatoms.